The number of nitro groups is 1. The van der Waals surface area contributed by atoms with Crippen molar-refractivity contribution in [2.24, 2.45) is 0 Å². The van der Waals surface area contributed by atoms with Crippen molar-refractivity contribution in [3.8, 4) is 5.75 Å². The zero-order valence-corrected chi connectivity index (χ0v) is 18.7. The van der Waals surface area contributed by atoms with Gasteiger partial charge in [-0.25, -0.2) is 4.98 Å². The van der Waals surface area contributed by atoms with Crippen LogP contribution in [-0.2, 0) is 17.6 Å². The van der Waals surface area contributed by atoms with Crippen molar-refractivity contribution >= 4 is 56.2 Å². The second-order valence-electron chi connectivity index (χ2n) is 7.29. The first-order chi connectivity index (χ1) is 15.5. The highest BCUT2D eigenvalue weighted by Gasteiger charge is 2.22. The van der Waals surface area contributed by atoms with Crippen LogP contribution in [0.15, 0.2) is 29.7 Å². The van der Waals surface area contributed by atoms with Gasteiger partial charge in [-0.15, -0.1) is 21.5 Å². The molecule has 5 rings (SSSR count). The quantitative estimate of drug-likeness (QED) is 0.256. The van der Waals surface area contributed by atoms with E-state index in [1.54, 1.807) is 28.1 Å². The van der Waals surface area contributed by atoms with Gasteiger partial charge in [0.15, 0.2) is 10.8 Å². The summed E-state index contributed by atoms with van der Waals surface area (Å²) in [7, 11) is 1.42. The van der Waals surface area contributed by atoms with Crippen molar-refractivity contribution in [3.63, 3.8) is 0 Å². The highest BCUT2D eigenvalue weighted by atomic mass is 32.2. The van der Waals surface area contributed by atoms with Crippen molar-refractivity contribution in [2.75, 3.05) is 18.2 Å². The molecule has 1 aliphatic carbocycles. The lowest BCUT2D eigenvalue weighted by atomic mass is 9.97. The van der Waals surface area contributed by atoms with Gasteiger partial charge in [0.2, 0.25) is 5.91 Å². The van der Waals surface area contributed by atoms with Gasteiger partial charge >= 0.3 is 0 Å². The van der Waals surface area contributed by atoms with Gasteiger partial charge in [0.05, 0.1) is 29.2 Å². The zero-order valence-electron chi connectivity index (χ0n) is 17.0. The van der Waals surface area contributed by atoms with Crippen LogP contribution in [0.5, 0.6) is 5.75 Å². The van der Waals surface area contributed by atoms with Crippen LogP contribution in [0, 0.1) is 10.1 Å². The third kappa shape index (κ3) is 3.65. The standard InChI is InChI=1S/C20H18N6O4S2/c1-30-11-6-7-13(14(8-11)26(28)29)22-16(27)9-31-20-24-23-18-17-12-4-2-3-5-15(12)32-19(17)21-10-25(18)20/h6-8,10H,2-5,9H2,1H3,(H,22,27). The van der Waals surface area contributed by atoms with Gasteiger partial charge in [0, 0.05) is 4.88 Å². The normalized spacial score (nSPS) is 13.3. The number of hydrogen-bond donors (Lipinski definition) is 1. The molecule has 0 saturated carbocycles. The number of aryl methyl sites for hydroxylation is 2. The Balaban J connectivity index is 1.36. The van der Waals surface area contributed by atoms with Gasteiger partial charge in [0.1, 0.15) is 22.6 Å². The number of methoxy groups -OCH3 is 1. The molecule has 0 spiro atoms. The maximum atomic E-state index is 12.5. The predicted octanol–water partition coefficient (Wildman–Crippen LogP) is 3.87. The molecule has 0 fully saturated rings. The molecule has 0 aliphatic heterocycles. The molecule has 1 aliphatic rings. The number of anilines is 1. The van der Waals surface area contributed by atoms with Gasteiger partial charge in [-0.1, -0.05) is 11.8 Å². The SMILES string of the molecule is COc1ccc(NC(=O)CSc2nnc3c4c5c(sc4ncn23)CCCC5)c([N+](=O)[O-])c1. The molecule has 4 aromatic rings. The summed E-state index contributed by atoms with van der Waals surface area (Å²) in [4.78, 5) is 30.2. The van der Waals surface area contributed by atoms with Gasteiger partial charge in [-0.2, -0.15) is 0 Å². The Kier molecular flexibility index (Phi) is 5.39. The van der Waals surface area contributed by atoms with E-state index < -0.39 is 4.92 Å². The topological polar surface area (TPSA) is 125 Å². The number of nitrogens with zero attached hydrogens (tertiary/aromatic N) is 5. The van der Waals surface area contributed by atoms with E-state index in [-0.39, 0.29) is 23.0 Å². The molecule has 0 radical (unpaired) electrons. The highest BCUT2D eigenvalue weighted by molar-refractivity contribution is 7.99. The lowest BCUT2D eigenvalue weighted by Crippen LogP contribution is -2.15. The number of benzene rings is 1. The molecular formula is C20H18N6O4S2. The van der Waals surface area contributed by atoms with Crippen LogP contribution in [0.25, 0.3) is 15.9 Å². The number of fused-ring (bicyclic) bond motifs is 5. The minimum Gasteiger partial charge on any atom is -0.496 e. The number of carbonyl (C=O) groups is 1. The summed E-state index contributed by atoms with van der Waals surface area (Å²) >= 11 is 2.92. The Bertz CT molecular complexity index is 1370. The van der Waals surface area contributed by atoms with Gasteiger partial charge in [-0.05, 0) is 43.4 Å². The minimum atomic E-state index is -0.560. The molecule has 0 unspecified atom stereocenters. The first-order valence-corrected chi connectivity index (χ1v) is 11.7. The van der Waals surface area contributed by atoms with Crippen LogP contribution in [0.4, 0.5) is 11.4 Å². The lowest BCUT2D eigenvalue weighted by Gasteiger charge is -2.10. The molecule has 0 saturated heterocycles. The Morgan fingerprint density at radius 2 is 2.19 bits per heavy atom. The molecule has 0 bridgehead atoms. The number of carbonyl (C=O) groups excluding carboxylic acids is 1. The number of nitrogens with one attached hydrogen (secondary N) is 1. The number of rotatable bonds is 6. The number of nitro benzene ring substituents is 1. The summed E-state index contributed by atoms with van der Waals surface area (Å²) in [5.74, 6) is -0.0283. The van der Waals surface area contributed by atoms with Gasteiger partial charge < -0.3 is 10.1 Å². The van der Waals surface area contributed by atoms with Crippen LogP contribution < -0.4 is 10.1 Å². The Hall–Kier alpha value is -3.25. The number of thioether (sulfide) groups is 1. The largest absolute Gasteiger partial charge is 0.496 e. The number of ether oxygens (including phenoxy) is 1. The smallest absolute Gasteiger partial charge is 0.296 e. The third-order valence-corrected chi connectivity index (χ3v) is 7.48. The summed E-state index contributed by atoms with van der Waals surface area (Å²) in [5.41, 5.74) is 1.95. The Morgan fingerprint density at radius 1 is 1.34 bits per heavy atom. The van der Waals surface area contributed by atoms with Crippen LogP contribution >= 0.6 is 23.1 Å². The van der Waals surface area contributed by atoms with E-state index in [0.29, 0.717) is 10.9 Å². The van der Waals surface area contributed by atoms with E-state index in [4.69, 9.17) is 4.74 Å². The summed E-state index contributed by atoms with van der Waals surface area (Å²) in [6.07, 6.45) is 6.15. The van der Waals surface area contributed by atoms with Crippen molar-refractivity contribution < 1.29 is 14.5 Å². The molecule has 10 nitrogen and oxygen atoms in total. The molecule has 3 aromatic heterocycles. The van der Waals surface area contributed by atoms with Crippen molar-refractivity contribution in [3.05, 3.63) is 45.1 Å². The molecule has 32 heavy (non-hydrogen) atoms. The van der Waals surface area contributed by atoms with Crippen LogP contribution in [0.2, 0.25) is 0 Å². The first kappa shape index (κ1) is 20.6. The van der Waals surface area contributed by atoms with Crippen LogP contribution in [0.3, 0.4) is 0 Å². The molecule has 1 N–H and O–H groups in total. The molecular weight excluding hydrogens is 452 g/mol. The average molecular weight is 471 g/mol. The summed E-state index contributed by atoms with van der Waals surface area (Å²) in [6, 6.07) is 4.28. The first-order valence-electron chi connectivity index (χ1n) is 9.94. The van der Waals surface area contributed by atoms with E-state index in [9.17, 15) is 14.9 Å². The molecule has 0 atom stereocenters. The number of thiophene rings is 1. The molecule has 1 amide bonds. The maximum absolute atomic E-state index is 12.5. The van der Waals surface area contributed by atoms with Crippen LogP contribution in [-0.4, -0.2) is 43.3 Å². The Morgan fingerprint density at radius 3 is 3.00 bits per heavy atom. The summed E-state index contributed by atoms with van der Waals surface area (Å²) in [5, 5.41) is 24.1. The average Bonchev–Trinajstić information content (AvgIpc) is 3.38. The van der Waals surface area contributed by atoms with Crippen LogP contribution in [0.1, 0.15) is 23.3 Å². The molecule has 3 heterocycles. The highest BCUT2D eigenvalue weighted by Crippen LogP contribution is 2.37. The fourth-order valence-electron chi connectivity index (χ4n) is 3.84. The van der Waals surface area contributed by atoms with Crippen molar-refractivity contribution in [2.45, 2.75) is 30.8 Å². The fraction of sp³-hybridized carbons (Fsp3) is 0.300. The monoisotopic (exact) mass is 470 g/mol. The molecule has 12 heteroatoms. The number of hydrogen-bond acceptors (Lipinski definition) is 9. The number of aromatic nitrogens is 4. The second kappa shape index (κ2) is 8.36. The molecule has 164 valence electrons. The number of amides is 1. The Labute approximate surface area is 190 Å². The van der Waals surface area contributed by atoms with E-state index in [0.717, 1.165) is 35.1 Å². The van der Waals surface area contributed by atoms with Crippen molar-refractivity contribution in [1.82, 2.24) is 19.6 Å². The minimum absolute atomic E-state index is 0.0176. The summed E-state index contributed by atoms with van der Waals surface area (Å²) < 4.78 is 6.82. The van der Waals surface area contributed by atoms with E-state index >= 15 is 0 Å². The van der Waals surface area contributed by atoms with E-state index in [1.165, 1.54) is 47.9 Å². The van der Waals surface area contributed by atoms with Crippen molar-refractivity contribution in [1.29, 1.82) is 0 Å². The second-order valence-corrected chi connectivity index (χ2v) is 9.31. The van der Waals surface area contributed by atoms with Gasteiger partial charge in [0.25, 0.3) is 5.69 Å². The maximum Gasteiger partial charge on any atom is 0.296 e. The zero-order chi connectivity index (χ0) is 22.2. The summed E-state index contributed by atoms with van der Waals surface area (Å²) in [6.45, 7) is 0. The van der Waals surface area contributed by atoms with E-state index in [1.807, 2.05) is 0 Å². The third-order valence-electron chi connectivity index (χ3n) is 5.34. The fourth-order valence-corrected chi connectivity index (χ4v) is 5.77. The lowest BCUT2D eigenvalue weighted by molar-refractivity contribution is -0.384. The van der Waals surface area contributed by atoms with Gasteiger partial charge in [-0.3, -0.25) is 19.3 Å². The van der Waals surface area contributed by atoms with E-state index in [2.05, 4.69) is 20.5 Å². The predicted molar refractivity (Wildman–Crippen MR) is 122 cm³/mol. The molecule has 1 aromatic carbocycles.